The van der Waals surface area contributed by atoms with E-state index in [2.05, 4.69) is 38.3 Å². The molecule has 1 saturated heterocycles. The fraction of sp³-hybridized carbons (Fsp3) is 0.476. The maximum atomic E-state index is 12.8. The topological polar surface area (TPSA) is 42.0 Å². The van der Waals surface area contributed by atoms with E-state index in [1.807, 2.05) is 30.9 Å². The highest BCUT2D eigenvalue weighted by Gasteiger charge is 2.22. The fourth-order valence-electron chi connectivity index (χ4n) is 3.30. The molecule has 28 heavy (non-hydrogen) atoms. The number of hydrogen-bond donors (Lipinski definition) is 0. The average molecular weight is 467 g/mol. The zero-order valence-electron chi connectivity index (χ0n) is 16.4. The van der Waals surface area contributed by atoms with Crippen LogP contribution < -0.4 is 9.47 Å². The molecule has 152 valence electrons. The molecule has 0 aliphatic carbocycles. The summed E-state index contributed by atoms with van der Waals surface area (Å²) >= 11 is 5.37. The van der Waals surface area contributed by atoms with Gasteiger partial charge in [-0.3, -0.25) is 9.69 Å². The Balaban J connectivity index is 1.59. The summed E-state index contributed by atoms with van der Waals surface area (Å²) < 4.78 is 12.2. The smallest absolute Gasteiger partial charge is 0.227 e. The van der Waals surface area contributed by atoms with E-state index in [0.29, 0.717) is 31.1 Å². The van der Waals surface area contributed by atoms with E-state index in [-0.39, 0.29) is 5.91 Å². The second-order valence-corrected chi connectivity index (χ2v) is 8.56. The Hall–Kier alpha value is -1.57. The SMILES string of the molecule is CCOc1cc(Br)c(CC(=O)N2CCN(Cc3cccs3)CC2)cc1OCC. The van der Waals surface area contributed by atoms with Gasteiger partial charge in [0.25, 0.3) is 0 Å². The third-order valence-corrected chi connectivity index (χ3v) is 6.34. The molecule has 0 atom stereocenters. The van der Waals surface area contributed by atoms with Crippen LogP contribution in [-0.4, -0.2) is 55.1 Å². The molecule has 0 radical (unpaired) electrons. The largest absolute Gasteiger partial charge is 0.490 e. The van der Waals surface area contributed by atoms with Gasteiger partial charge < -0.3 is 14.4 Å². The lowest BCUT2D eigenvalue weighted by Gasteiger charge is -2.34. The van der Waals surface area contributed by atoms with Crippen LogP contribution in [-0.2, 0) is 17.8 Å². The van der Waals surface area contributed by atoms with Gasteiger partial charge in [-0.15, -0.1) is 11.3 Å². The maximum Gasteiger partial charge on any atom is 0.227 e. The van der Waals surface area contributed by atoms with Crippen molar-refractivity contribution in [1.29, 1.82) is 0 Å². The Labute approximate surface area is 179 Å². The van der Waals surface area contributed by atoms with Crippen LogP contribution in [0.15, 0.2) is 34.1 Å². The Morgan fingerprint density at radius 1 is 1.11 bits per heavy atom. The molecule has 1 fully saturated rings. The first-order valence-corrected chi connectivity index (χ1v) is 11.4. The van der Waals surface area contributed by atoms with Crippen molar-refractivity contribution in [3.8, 4) is 11.5 Å². The molecule has 5 nitrogen and oxygen atoms in total. The first kappa shape index (κ1) is 21.1. The molecule has 2 heterocycles. The third kappa shape index (κ3) is 5.49. The van der Waals surface area contributed by atoms with E-state index >= 15 is 0 Å². The van der Waals surface area contributed by atoms with Gasteiger partial charge >= 0.3 is 0 Å². The lowest BCUT2D eigenvalue weighted by Crippen LogP contribution is -2.48. The van der Waals surface area contributed by atoms with Crippen molar-refractivity contribution >= 4 is 33.2 Å². The van der Waals surface area contributed by atoms with Crippen molar-refractivity contribution in [1.82, 2.24) is 9.80 Å². The first-order valence-electron chi connectivity index (χ1n) is 9.71. The predicted octanol–water partition coefficient (Wildman–Crippen LogP) is 4.19. The van der Waals surface area contributed by atoms with Crippen molar-refractivity contribution in [2.24, 2.45) is 0 Å². The Morgan fingerprint density at radius 3 is 2.39 bits per heavy atom. The molecule has 2 aromatic rings. The summed E-state index contributed by atoms with van der Waals surface area (Å²) in [4.78, 5) is 18.6. The highest BCUT2D eigenvalue weighted by molar-refractivity contribution is 9.10. The van der Waals surface area contributed by atoms with E-state index in [1.165, 1.54) is 4.88 Å². The summed E-state index contributed by atoms with van der Waals surface area (Å²) in [5.74, 6) is 1.55. The number of carbonyl (C=O) groups excluding carboxylic acids is 1. The molecule has 1 aliphatic rings. The number of thiophene rings is 1. The van der Waals surface area contributed by atoms with E-state index in [4.69, 9.17) is 9.47 Å². The molecule has 1 aromatic heterocycles. The van der Waals surface area contributed by atoms with Crippen LogP contribution in [0.3, 0.4) is 0 Å². The normalized spacial score (nSPS) is 14.9. The van der Waals surface area contributed by atoms with E-state index in [1.54, 1.807) is 11.3 Å². The molecule has 0 saturated carbocycles. The van der Waals surface area contributed by atoms with Crippen LogP contribution in [0.4, 0.5) is 0 Å². The molecule has 0 N–H and O–H groups in total. The minimum atomic E-state index is 0.156. The molecule has 0 spiro atoms. The number of ether oxygens (including phenoxy) is 2. The summed E-state index contributed by atoms with van der Waals surface area (Å²) in [6.45, 7) is 9.37. The van der Waals surface area contributed by atoms with Crippen LogP contribution in [0.2, 0.25) is 0 Å². The molecular formula is C21H27BrN2O3S. The zero-order chi connectivity index (χ0) is 19.9. The summed E-state index contributed by atoms with van der Waals surface area (Å²) in [7, 11) is 0. The number of nitrogens with zero attached hydrogens (tertiary/aromatic N) is 2. The molecule has 0 bridgehead atoms. The van der Waals surface area contributed by atoms with Gasteiger partial charge in [0.15, 0.2) is 11.5 Å². The molecule has 1 amide bonds. The fourth-order valence-corrected chi connectivity index (χ4v) is 4.51. The quantitative estimate of drug-likeness (QED) is 0.584. The summed E-state index contributed by atoms with van der Waals surface area (Å²) in [6.07, 6.45) is 0.359. The van der Waals surface area contributed by atoms with Crippen LogP contribution in [0, 0.1) is 0 Å². The van der Waals surface area contributed by atoms with Crippen molar-refractivity contribution in [2.45, 2.75) is 26.8 Å². The Kier molecular flexibility index (Phi) is 7.76. The van der Waals surface area contributed by atoms with Gasteiger partial charge in [0.2, 0.25) is 5.91 Å². The minimum absolute atomic E-state index is 0.156. The molecule has 0 unspecified atom stereocenters. The molecular weight excluding hydrogens is 440 g/mol. The van der Waals surface area contributed by atoms with Crippen LogP contribution >= 0.6 is 27.3 Å². The van der Waals surface area contributed by atoms with Crippen molar-refractivity contribution in [3.63, 3.8) is 0 Å². The summed E-state index contributed by atoms with van der Waals surface area (Å²) in [6, 6.07) is 8.08. The Bertz CT molecular complexity index is 774. The van der Waals surface area contributed by atoms with E-state index in [0.717, 1.165) is 42.8 Å². The monoisotopic (exact) mass is 466 g/mol. The Morgan fingerprint density at radius 2 is 1.79 bits per heavy atom. The van der Waals surface area contributed by atoms with E-state index in [9.17, 15) is 4.79 Å². The number of hydrogen-bond acceptors (Lipinski definition) is 5. The maximum absolute atomic E-state index is 12.8. The van der Waals surface area contributed by atoms with Gasteiger partial charge in [0, 0.05) is 42.1 Å². The molecule has 7 heteroatoms. The minimum Gasteiger partial charge on any atom is -0.490 e. The lowest BCUT2D eigenvalue weighted by atomic mass is 10.1. The number of piperazine rings is 1. The number of halogens is 1. The number of amides is 1. The lowest BCUT2D eigenvalue weighted by molar-refractivity contribution is -0.132. The molecule has 1 aromatic carbocycles. The second-order valence-electron chi connectivity index (χ2n) is 6.67. The highest BCUT2D eigenvalue weighted by atomic mass is 79.9. The van der Waals surface area contributed by atoms with Crippen molar-refractivity contribution in [3.05, 3.63) is 44.6 Å². The number of carbonyl (C=O) groups is 1. The standard InChI is InChI=1S/C21H27BrN2O3S/c1-3-26-19-12-16(18(22)14-20(19)27-4-2)13-21(25)24-9-7-23(8-10-24)15-17-6-5-11-28-17/h5-6,11-12,14H,3-4,7-10,13,15H2,1-2H3. The summed E-state index contributed by atoms with van der Waals surface area (Å²) in [5.41, 5.74) is 0.929. The van der Waals surface area contributed by atoms with Crippen molar-refractivity contribution in [2.75, 3.05) is 39.4 Å². The van der Waals surface area contributed by atoms with Crippen LogP contribution in [0.1, 0.15) is 24.3 Å². The van der Waals surface area contributed by atoms with E-state index < -0.39 is 0 Å². The van der Waals surface area contributed by atoms with Crippen LogP contribution in [0.5, 0.6) is 11.5 Å². The second kappa shape index (κ2) is 10.3. The van der Waals surface area contributed by atoms with Crippen molar-refractivity contribution < 1.29 is 14.3 Å². The average Bonchev–Trinajstić information content (AvgIpc) is 3.19. The molecule has 1 aliphatic heterocycles. The van der Waals surface area contributed by atoms with Gasteiger partial charge in [0.1, 0.15) is 0 Å². The predicted molar refractivity (Wildman–Crippen MR) is 116 cm³/mol. The first-order chi connectivity index (χ1) is 13.6. The summed E-state index contributed by atoms with van der Waals surface area (Å²) in [5, 5.41) is 2.11. The highest BCUT2D eigenvalue weighted by Crippen LogP contribution is 2.34. The van der Waals surface area contributed by atoms with Gasteiger partial charge in [0.05, 0.1) is 19.6 Å². The number of benzene rings is 1. The van der Waals surface area contributed by atoms with Gasteiger partial charge in [-0.1, -0.05) is 22.0 Å². The van der Waals surface area contributed by atoms with Gasteiger partial charge in [-0.05, 0) is 43.0 Å². The van der Waals surface area contributed by atoms with Gasteiger partial charge in [-0.2, -0.15) is 0 Å². The number of rotatable bonds is 8. The zero-order valence-corrected chi connectivity index (χ0v) is 18.9. The molecule has 3 rings (SSSR count). The third-order valence-electron chi connectivity index (χ3n) is 4.74. The van der Waals surface area contributed by atoms with Crippen LogP contribution in [0.25, 0.3) is 0 Å². The van der Waals surface area contributed by atoms with Gasteiger partial charge in [-0.25, -0.2) is 0 Å².